The zero-order chi connectivity index (χ0) is 14.8. The summed E-state index contributed by atoms with van der Waals surface area (Å²) in [6.07, 6.45) is -6.73. The van der Waals surface area contributed by atoms with Gasteiger partial charge in [-0.25, -0.2) is 0 Å². The number of carbonyl (C=O) groups is 1. The van der Waals surface area contributed by atoms with Crippen LogP contribution in [0.3, 0.4) is 0 Å². The number of carboxylic acid groups (broad SMARTS) is 1. The number of ether oxygens (including phenoxy) is 1. The normalized spacial score (nSPS) is 14.2. The van der Waals surface area contributed by atoms with E-state index in [0.29, 0.717) is 0 Å². The zero-order valence-corrected chi connectivity index (χ0v) is 10.8. The summed E-state index contributed by atoms with van der Waals surface area (Å²) in [5.74, 6) is -1.20. The molecule has 0 saturated carbocycles. The van der Waals surface area contributed by atoms with Crippen molar-refractivity contribution in [2.24, 2.45) is 0 Å². The first-order valence-electron chi connectivity index (χ1n) is 5.54. The molecule has 0 amide bonds. The van der Waals surface area contributed by atoms with Crippen LogP contribution in [0, 0.1) is 0 Å². The first kappa shape index (κ1) is 15.5. The summed E-state index contributed by atoms with van der Waals surface area (Å²) in [7, 11) is 0.947. The maximum absolute atomic E-state index is 12.9. The average Bonchev–Trinajstić information content (AvgIpc) is 2.28. The second kappa shape index (κ2) is 5.21. The van der Waals surface area contributed by atoms with Crippen LogP contribution in [0.1, 0.15) is 31.1 Å². The molecule has 1 unspecified atom stereocenters. The van der Waals surface area contributed by atoms with Crippen LogP contribution in [0.2, 0.25) is 0 Å². The van der Waals surface area contributed by atoms with Crippen LogP contribution < -0.4 is 0 Å². The summed E-state index contributed by atoms with van der Waals surface area (Å²) in [6, 6.07) is 5.55. The van der Waals surface area contributed by atoms with E-state index in [1.165, 1.54) is 38.1 Å². The molecule has 0 spiro atoms. The second-order valence-electron chi connectivity index (χ2n) is 4.67. The van der Waals surface area contributed by atoms with E-state index in [0.717, 1.165) is 7.11 Å². The molecule has 0 bridgehead atoms. The Balaban J connectivity index is 3.42. The van der Waals surface area contributed by atoms with Crippen molar-refractivity contribution in [1.82, 2.24) is 0 Å². The topological polar surface area (TPSA) is 46.5 Å². The molecule has 19 heavy (non-hydrogen) atoms. The van der Waals surface area contributed by atoms with Crippen LogP contribution in [0.5, 0.6) is 0 Å². The van der Waals surface area contributed by atoms with Gasteiger partial charge in [-0.3, -0.25) is 4.79 Å². The van der Waals surface area contributed by atoms with Crippen molar-refractivity contribution >= 4 is 5.97 Å². The van der Waals surface area contributed by atoms with Crippen molar-refractivity contribution in [1.29, 1.82) is 0 Å². The summed E-state index contributed by atoms with van der Waals surface area (Å²) < 4.78 is 43.2. The molecule has 6 heteroatoms. The van der Waals surface area contributed by atoms with Gasteiger partial charge in [0.25, 0.3) is 0 Å². The molecule has 0 radical (unpaired) electrons. The lowest BCUT2D eigenvalue weighted by molar-refractivity contribution is -0.216. The summed E-state index contributed by atoms with van der Waals surface area (Å²) in [5.41, 5.74) is -1.52. The number of hydrogen-bond donors (Lipinski definition) is 1. The Morgan fingerprint density at radius 2 is 1.79 bits per heavy atom. The van der Waals surface area contributed by atoms with Crippen molar-refractivity contribution in [2.75, 3.05) is 7.11 Å². The van der Waals surface area contributed by atoms with Crippen LogP contribution in [0.25, 0.3) is 0 Å². The van der Waals surface area contributed by atoms with E-state index in [1.54, 1.807) is 0 Å². The standard InChI is InChI=1S/C13H15F3O3/c1-12(2,11(17)18)9-7-5-4-6-8(9)10(19-3)13(14,15)16/h4-7,10H,1-3H3,(H,17,18). The lowest BCUT2D eigenvalue weighted by atomic mass is 9.80. The lowest BCUT2D eigenvalue weighted by Gasteiger charge is -2.27. The predicted octanol–water partition coefficient (Wildman–Crippen LogP) is 3.30. The minimum atomic E-state index is -4.60. The SMILES string of the molecule is COC(c1ccccc1C(C)(C)C(=O)O)C(F)(F)F. The highest BCUT2D eigenvalue weighted by atomic mass is 19.4. The van der Waals surface area contributed by atoms with E-state index in [9.17, 15) is 18.0 Å². The van der Waals surface area contributed by atoms with Crippen molar-refractivity contribution in [3.63, 3.8) is 0 Å². The third-order valence-corrected chi connectivity index (χ3v) is 2.98. The average molecular weight is 276 g/mol. The molecule has 3 nitrogen and oxygen atoms in total. The lowest BCUT2D eigenvalue weighted by Crippen LogP contribution is -2.32. The number of benzene rings is 1. The number of alkyl halides is 3. The van der Waals surface area contributed by atoms with Gasteiger partial charge in [-0.2, -0.15) is 13.2 Å². The van der Waals surface area contributed by atoms with E-state index >= 15 is 0 Å². The molecule has 1 aromatic carbocycles. The molecule has 1 N–H and O–H groups in total. The van der Waals surface area contributed by atoms with E-state index < -0.39 is 23.7 Å². The van der Waals surface area contributed by atoms with E-state index in [-0.39, 0.29) is 11.1 Å². The minimum Gasteiger partial charge on any atom is -0.481 e. The Labute approximate surface area is 109 Å². The van der Waals surface area contributed by atoms with Gasteiger partial charge >= 0.3 is 12.1 Å². The number of halogens is 3. The molecule has 0 heterocycles. The molecule has 1 atom stereocenters. The quantitative estimate of drug-likeness (QED) is 0.917. The molecule has 1 aromatic rings. The molecule has 0 aliphatic rings. The van der Waals surface area contributed by atoms with Gasteiger partial charge in [-0.05, 0) is 25.0 Å². The largest absolute Gasteiger partial charge is 0.481 e. The summed E-state index contributed by atoms with van der Waals surface area (Å²) in [6.45, 7) is 2.72. The van der Waals surface area contributed by atoms with Crippen LogP contribution in [0.4, 0.5) is 13.2 Å². The number of carboxylic acids is 1. The van der Waals surface area contributed by atoms with Gasteiger partial charge in [0.2, 0.25) is 0 Å². The predicted molar refractivity (Wildman–Crippen MR) is 62.9 cm³/mol. The number of methoxy groups -OCH3 is 1. The van der Waals surface area contributed by atoms with Gasteiger partial charge in [0.05, 0.1) is 5.41 Å². The summed E-state index contributed by atoms with van der Waals surface area (Å²) in [4.78, 5) is 11.2. The smallest absolute Gasteiger partial charge is 0.418 e. The van der Waals surface area contributed by atoms with Crippen LogP contribution >= 0.6 is 0 Å². The Bertz CT molecular complexity index is 466. The second-order valence-corrected chi connectivity index (χ2v) is 4.67. The van der Waals surface area contributed by atoms with Crippen molar-refractivity contribution in [3.8, 4) is 0 Å². The van der Waals surface area contributed by atoms with E-state index in [4.69, 9.17) is 5.11 Å². The van der Waals surface area contributed by atoms with Gasteiger partial charge in [0, 0.05) is 7.11 Å². The number of aliphatic carboxylic acids is 1. The molecule has 0 fully saturated rings. The molecule has 0 aliphatic heterocycles. The maximum atomic E-state index is 12.9. The third-order valence-electron chi connectivity index (χ3n) is 2.98. The monoisotopic (exact) mass is 276 g/mol. The zero-order valence-electron chi connectivity index (χ0n) is 10.8. The van der Waals surface area contributed by atoms with Crippen LogP contribution in [0.15, 0.2) is 24.3 Å². The molecule has 106 valence electrons. The van der Waals surface area contributed by atoms with Crippen molar-refractivity contribution < 1.29 is 27.8 Å². The van der Waals surface area contributed by atoms with Crippen molar-refractivity contribution in [3.05, 3.63) is 35.4 Å². The highest BCUT2D eigenvalue weighted by Crippen LogP contribution is 2.40. The molecule has 0 aromatic heterocycles. The first-order valence-corrected chi connectivity index (χ1v) is 5.54. The summed E-state index contributed by atoms with van der Waals surface area (Å²) >= 11 is 0. The Hall–Kier alpha value is -1.56. The highest BCUT2D eigenvalue weighted by molar-refractivity contribution is 5.80. The molecule has 1 rings (SSSR count). The fourth-order valence-electron chi connectivity index (χ4n) is 1.85. The maximum Gasteiger partial charge on any atom is 0.418 e. The third kappa shape index (κ3) is 3.07. The van der Waals surface area contributed by atoms with Crippen LogP contribution in [-0.4, -0.2) is 24.4 Å². The highest BCUT2D eigenvalue weighted by Gasteiger charge is 2.44. The Morgan fingerprint density at radius 1 is 1.26 bits per heavy atom. The van der Waals surface area contributed by atoms with Crippen LogP contribution in [-0.2, 0) is 14.9 Å². The van der Waals surface area contributed by atoms with Gasteiger partial charge in [0.15, 0.2) is 6.10 Å². The Kier molecular flexibility index (Phi) is 4.25. The fraction of sp³-hybridized carbons (Fsp3) is 0.462. The Morgan fingerprint density at radius 3 is 2.21 bits per heavy atom. The van der Waals surface area contributed by atoms with E-state index in [2.05, 4.69) is 4.74 Å². The molecule has 0 saturated heterocycles. The first-order chi connectivity index (χ1) is 8.62. The van der Waals surface area contributed by atoms with E-state index in [1.807, 2.05) is 0 Å². The van der Waals surface area contributed by atoms with Gasteiger partial charge in [-0.1, -0.05) is 24.3 Å². The van der Waals surface area contributed by atoms with Crippen molar-refractivity contribution in [2.45, 2.75) is 31.5 Å². The molecular formula is C13H15F3O3. The van der Waals surface area contributed by atoms with Gasteiger partial charge in [0.1, 0.15) is 0 Å². The minimum absolute atomic E-state index is 0.0895. The number of hydrogen-bond acceptors (Lipinski definition) is 2. The van der Waals surface area contributed by atoms with Gasteiger partial charge in [-0.15, -0.1) is 0 Å². The van der Waals surface area contributed by atoms with Gasteiger partial charge < -0.3 is 9.84 Å². The number of rotatable bonds is 4. The molecule has 0 aliphatic carbocycles. The fourth-order valence-corrected chi connectivity index (χ4v) is 1.85. The summed E-state index contributed by atoms with van der Waals surface area (Å²) in [5, 5.41) is 9.15. The molecular weight excluding hydrogens is 261 g/mol.